The first kappa shape index (κ1) is 17.1. The summed E-state index contributed by atoms with van der Waals surface area (Å²) in [6.45, 7) is 6.67. The molecule has 0 spiro atoms. The van der Waals surface area contributed by atoms with Gasteiger partial charge in [0.15, 0.2) is 5.78 Å². The molecule has 0 radical (unpaired) electrons. The average molecular weight is 309 g/mol. The van der Waals surface area contributed by atoms with Crippen LogP contribution in [0.3, 0.4) is 0 Å². The van der Waals surface area contributed by atoms with Crippen LogP contribution in [-0.4, -0.2) is 27.9 Å². The Morgan fingerprint density at radius 2 is 1.48 bits per heavy atom. The van der Waals surface area contributed by atoms with Gasteiger partial charge >= 0.3 is 0 Å². The van der Waals surface area contributed by atoms with E-state index in [0.29, 0.717) is 13.1 Å². The molecule has 1 N–H and O–H groups in total. The molecule has 0 aliphatic rings. The molecule has 2 aromatic carbocycles. The zero-order valence-corrected chi connectivity index (χ0v) is 13.4. The van der Waals surface area contributed by atoms with Crippen LogP contribution in [0.15, 0.2) is 73.3 Å². The topological polar surface area (TPSA) is 40.5 Å². The van der Waals surface area contributed by atoms with Crippen molar-refractivity contribution in [2.75, 3.05) is 0 Å². The molecule has 0 amide bonds. The number of carbonyl (C=O) groups is 1. The first-order chi connectivity index (χ1) is 11.1. The molecule has 23 heavy (non-hydrogen) atoms. The monoisotopic (exact) mass is 309 g/mol. The fourth-order valence-corrected chi connectivity index (χ4v) is 2.54. The fourth-order valence-electron chi connectivity index (χ4n) is 2.54. The molecule has 2 atom stereocenters. The van der Waals surface area contributed by atoms with E-state index >= 15 is 0 Å². The molecule has 0 aromatic heterocycles. The second-order valence-electron chi connectivity index (χ2n) is 5.67. The maximum atomic E-state index is 11.8. The van der Waals surface area contributed by atoms with Gasteiger partial charge in [0.25, 0.3) is 0 Å². The molecule has 0 aliphatic heterocycles. The number of nitrogens with zero attached hydrogens (tertiary/aromatic N) is 1. The number of hydrogen-bond acceptors (Lipinski definition) is 3. The van der Waals surface area contributed by atoms with Gasteiger partial charge in [-0.25, -0.2) is 0 Å². The molecule has 120 valence electrons. The highest BCUT2D eigenvalue weighted by atomic mass is 16.3. The van der Waals surface area contributed by atoms with Gasteiger partial charge in [0.05, 0.1) is 0 Å². The summed E-state index contributed by atoms with van der Waals surface area (Å²) < 4.78 is 0. The number of ketones is 1. The summed E-state index contributed by atoms with van der Waals surface area (Å²) in [5, 5.41) is 10.3. The fraction of sp³-hybridized carbons (Fsp3) is 0.250. The third kappa shape index (κ3) is 4.88. The average Bonchev–Trinajstić information content (AvgIpc) is 2.61. The van der Waals surface area contributed by atoms with Crippen molar-refractivity contribution in [1.82, 2.24) is 4.90 Å². The number of benzene rings is 2. The van der Waals surface area contributed by atoms with Gasteiger partial charge in [-0.2, -0.15) is 0 Å². The van der Waals surface area contributed by atoms with E-state index in [4.69, 9.17) is 0 Å². The molecule has 3 nitrogen and oxygen atoms in total. The highest BCUT2D eigenvalue weighted by Crippen LogP contribution is 2.16. The summed E-state index contributed by atoms with van der Waals surface area (Å²) in [6.07, 6.45) is 0.115. The van der Waals surface area contributed by atoms with Crippen LogP contribution in [0.4, 0.5) is 0 Å². The summed E-state index contributed by atoms with van der Waals surface area (Å²) in [5.41, 5.74) is 2.29. The minimum absolute atomic E-state index is 0.305. The Morgan fingerprint density at radius 3 is 1.87 bits per heavy atom. The van der Waals surface area contributed by atoms with Crippen molar-refractivity contribution >= 4 is 5.78 Å². The van der Waals surface area contributed by atoms with Gasteiger partial charge in [-0.05, 0) is 24.1 Å². The van der Waals surface area contributed by atoms with Crippen molar-refractivity contribution in [3.8, 4) is 0 Å². The Kier molecular flexibility index (Phi) is 6.27. The van der Waals surface area contributed by atoms with Crippen molar-refractivity contribution in [3.05, 3.63) is 84.4 Å². The number of rotatable bonds is 8. The number of aliphatic hydroxyl groups excluding tert-OH is 1. The van der Waals surface area contributed by atoms with E-state index in [1.165, 1.54) is 6.08 Å². The predicted octanol–water partition coefficient (Wildman–Crippen LogP) is 3.19. The second-order valence-corrected chi connectivity index (χ2v) is 5.67. The van der Waals surface area contributed by atoms with Gasteiger partial charge in [-0.3, -0.25) is 9.69 Å². The molecule has 2 aromatic rings. The van der Waals surface area contributed by atoms with Crippen LogP contribution in [0, 0.1) is 0 Å². The van der Waals surface area contributed by atoms with Crippen molar-refractivity contribution < 1.29 is 9.90 Å². The van der Waals surface area contributed by atoms with E-state index in [2.05, 4.69) is 11.5 Å². The Morgan fingerprint density at radius 1 is 1.04 bits per heavy atom. The van der Waals surface area contributed by atoms with Crippen LogP contribution in [0.5, 0.6) is 0 Å². The number of carbonyl (C=O) groups excluding carboxylic acids is 1. The summed E-state index contributed by atoms with van der Waals surface area (Å²) in [5.74, 6) is -0.344. The zero-order valence-electron chi connectivity index (χ0n) is 13.4. The largest absolute Gasteiger partial charge is 0.383 e. The summed E-state index contributed by atoms with van der Waals surface area (Å²) in [6, 6.07) is 19.8. The van der Waals surface area contributed by atoms with E-state index in [0.717, 1.165) is 11.1 Å². The van der Waals surface area contributed by atoms with Gasteiger partial charge < -0.3 is 5.11 Å². The van der Waals surface area contributed by atoms with Gasteiger partial charge in [0.2, 0.25) is 0 Å². The van der Waals surface area contributed by atoms with Crippen molar-refractivity contribution in [1.29, 1.82) is 0 Å². The lowest BCUT2D eigenvalue weighted by Crippen LogP contribution is -2.44. The predicted molar refractivity (Wildman–Crippen MR) is 92.8 cm³/mol. The quantitative estimate of drug-likeness (QED) is 0.761. The van der Waals surface area contributed by atoms with Crippen molar-refractivity contribution in [2.24, 2.45) is 0 Å². The van der Waals surface area contributed by atoms with Crippen LogP contribution in [-0.2, 0) is 17.9 Å². The van der Waals surface area contributed by atoms with Crippen LogP contribution < -0.4 is 0 Å². The van der Waals surface area contributed by atoms with Crippen molar-refractivity contribution in [3.63, 3.8) is 0 Å². The van der Waals surface area contributed by atoms with E-state index in [9.17, 15) is 9.90 Å². The van der Waals surface area contributed by atoms with Crippen molar-refractivity contribution in [2.45, 2.75) is 32.2 Å². The molecule has 3 heteroatoms. The molecule has 0 heterocycles. The first-order valence-corrected chi connectivity index (χ1v) is 7.78. The van der Waals surface area contributed by atoms with E-state index in [-0.39, 0.29) is 11.8 Å². The Labute approximate surface area is 137 Å². The van der Waals surface area contributed by atoms with Gasteiger partial charge in [-0.15, -0.1) is 0 Å². The van der Waals surface area contributed by atoms with E-state index in [1.54, 1.807) is 0 Å². The SMILES string of the molecule is C=CC(=O)[C@@H](O)[C@H](C)N(Cc1ccccc1)Cc1ccccc1. The molecular formula is C20H23NO2. The second kappa shape index (κ2) is 8.42. The van der Waals surface area contributed by atoms with Crippen LogP contribution >= 0.6 is 0 Å². The normalized spacial score (nSPS) is 13.5. The Balaban J connectivity index is 2.19. The van der Waals surface area contributed by atoms with Gasteiger partial charge in [0, 0.05) is 19.1 Å². The summed E-state index contributed by atoms with van der Waals surface area (Å²) in [4.78, 5) is 13.9. The minimum atomic E-state index is -1.07. The third-order valence-electron chi connectivity index (χ3n) is 3.98. The molecule has 0 unspecified atom stereocenters. The first-order valence-electron chi connectivity index (χ1n) is 7.78. The van der Waals surface area contributed by atoms with Crippen LogP contribution in [0.2, 0.25) is 0 Å². The van der Waals surface area contributed by atoms with E-state index < -0.39 is 6.10 Å². The Hall–Kier alpha value is -2.23. The molecular weight excluding hydrogens is 286 g/mol. The molecule has 2 rings (SSSR count). The lowest BCUT2D eigenvalue weighted by atomic mass is 10.0. The lowest BCUT2D eigenvalue weighted by Gasteiger charge is -2.31. The smallest absolute Gasteiger partial charge is 0.185 e. The summed E-state index contributed by atoms with van der Waals surface area (Å²) >= 11 is 0. The minimum Gasteiger partial charge on any atom is -0.383 e. The number of hydrogen-bond donors (Lipinski definition) is 1. The standard InChI is InChI=1S/C20H23NO2/c1-3-19(22)20(23)16(2)21(14-17-10-6-4-7-11-17)15-18-12-8-5-9-13-18/h3-13,16,20,23H,1,14-15H2,2H3/t16-,20-/m0/s1. The van der Waals surface area contributed by atoms with Crippen LogP contribution in [0.1, 0.15) is 18.1 Å². The van der Waals surface area contributed by atoms with Gasteiger partial charge in [0.1, 0.15) is 6.10 Å². The van der Waals surface area contributed by atoms with Gasteiger partial charge in [-0.1, -0.05) is 67.2 Å². The van der Waals surface area contributed by atoms with Crippen LogP contribution in [0.25, 0.3) is 0 Å². The molecule has 0 saturated carbocycles. The molecule has 0 fully saturated rings. The number of aliphatic hydroxyl groups is 1. The maximum Gasteiger partial charge on any atom is 0.185 e. The maximum absolute atomic E-state index is 11.8. The highest BCUT2D eigenvalue weighted by molar-refractivity contribution is 5.93. The molecule has 0 saturated heterocycles. The molecule has 0 aliphatic carbocycles. The summed E-state index contributed by atoms with van der Waals surface area (Å²) in [7, 11) is 0. The third-order valence-corrected chi connectivity index (χ3v) is 3.98. The highest BCUT2D eigenvalue weighted by Gasteiger charge is 2.26. The zero-order chi connectivity index (χ0) is 16.7. The molecule has 0 bridgehead atoms. The Bertz CT molecular complexity index is 583. The van der Waals surface area contributed by atoms with E-state index in [1.807, 2.05) is 67.6 Å². The lowest BCUT2D eigenvalue weighted by molar-refractivity contribution is -0.125.